The van der Waals surface area contributed by atoms with Crippen LogP contribution in [0.4, 0.5) is 10.5 Å². The maximum atomic E-state index is 11.9. The Balaban J connectivity index is 2.24. The van der Waals surface area contributed by atoms with Crippen LogP contribution in [0.3, 0.4) is 0 Å². The van der Waals surface area contributed by atoms with E-state index in [1.807, 2.05) is 60.7 Å². The van der Waals surface area contributed by atoms with Crippen LogP contribution in [0.5, 0.6) is 0 Å². The van der Waals surface area contributed by atoms with Gasteiger partial charge in [-0.25, -0.2) is 4.79 Å². The molecule has 1 N–H and O–H groups in total. The zero-order valence-electron chi connectivity index (χ0n) is 10.3. The zero-order chi connectivity index (χ0) is 12.8. The molecule has 3 nitrogen and oxygen atoms in total. The first kappa shape index (κ1) is 12.2. The van der Waals surface area contributed by atoms with Gasteiger partial charge in [-0.3, -0.25) is 4.90 Å². The largest absolute Gasteiger partial charge is 0.341 e. The lowest BCUT2D eigenvalue weighted by Gasteiger charge is -2.22. The van der Waals surface area contributed by atoms with Crippen LogP contribution < -0.4 is 10.2 Å². The Hall–Kier alpha value is -2.29. The van der Waals surface area contributed by atoms with Crippen molar-refractivity contribution in [1.29, 1.82) is 0 Å². The number of para-hydroxylation sites is 1. The molecule has 0 atom stereocenters. The van der Waals surface area contributed by atoms with Gasteiger partial charge in [0.05, 0.1) is 6.54 Å². The molecule has 18 heavy (non-hydrogen) atoms. The second kappa shape index (κ2) is 5.87. The molecule has 2 rings (SSSR count). The lowest BCUT2D eigenvalue weighted by atomic mass is 10.2. The van der Waals surface area contributed by atoms with E-state index in [1.165, 1.54) is 0 Å². The number of urea groups is 1. The van der Waals surface area contributed by atoms with Crippen LogP contribution in [0.1, 0.15) is 5.56 Å². The Labute approximate surface area is 107 Å². The highest BCUT2D eigenvalue weighted by molar-refractivity contribution is 5.91. The van der Waals surface area contributed by atoms with Gasteiger partial charge < -0.3 is 5.32 Å². The molecule has 0 aliphatic carbocycles. The fourth-order valence-electron chi connectivity index (χ4n) is 1.79. The smallest absolute Gasteiger partial charge is 0.321 e. The Kier molecular flexibility index (Phi) is 3.97. The Morgan fingerprint density at radius 3 is 2.11 bits per heavy atom. The van der Waals surface area contributed by atoms with E-state index in [0.717, 1.165) is 11.3 Å². The number of carbonyl (C=O) groups excluding carboxylic acids is 1. The molecule has 0 unspecified atom stereocenters. The van der Waals surface area contributed by atoms with Gasteiger partial charge >= 0.3 is 6.03 Å². The van der Waals surface area contributed by atoms with Crippen molar-refractivity contribution in [3.8, 4) is 0 Å². The Morgan fingerprint density at radius 2 is 1.56 bits per heavy atom. The van der Waals surface area contributed by atoms with Gasteiger partial charge in [0.1, 0.15) is 0 Å². The van der Waals surface area contributed by atoms with E-state index in [0.29, 0.717) is 6.54 Å². The SMILES string of the molecule is CNC(=O)N(Cc1ccccc1)c1ccccc1. The molecule has 2 aromatic carbocycles. The van der Waals surface area contributed by atoms with Gasteiger partial charge in [0, 0.05) is 12.7 Å². The highest BCUT2D eigenvalue weighted by Crippen LogP contribution is 2.16. The molecule has 0 fully saturated rings. The number of hydrogen-bond donors (Lipinski definition) is 1. The summed E-state index contributed by atoms with van der Waals surface area (Å²) in [5.74, 6) is 0. The molecule has 3 heteroatoms. The summed E-state index contributed by atoms with van der Waals surface area (Å²) in [6.07, 6.45) is 0. The standard InChI is InChI=1S/C15H16N2O/c1-16-15(18)17(14-10-6-3-7-11-14)12-13-8-4-2-5-9-13/h2-11H,12H2,1H3,(H,16,18). The molecule has 2 amide bonds. The molecular formula is C15H16N2O. The topological polar surface area (TPSA) is 32.3 Å². The molecule has 0 spiro atoms. The lowest BCUT2D eigenvalue weighted by molar-refractivity contribution is 0.248. The Bertz CT molecular complexity index is 496. The van der Waals surface area contributed by atoms with Crippen molar-refractivity contribution < 1.29 is 4.79 Å². The fourth-order valence-corrected chi connectivity index (χ4v) is 1.79. The minimum absolute atomic E-state index is 0.106. The number of anilines is 1. The van der Waals surface area contributed by atoms with Crippen LogP contribution in [0.25, 0.3) is 0 Å². The summed E-state index contributed by atoms with van der Waals surface area (Å²) in [5, 5.41) is 2.67. The zero-order valence-corrected chi connectivity index (χ0v) is 10.3. The van der Waals surface area contributed by atoms with Crippen molar-refractivity contribution in [2.75, 3.05) is 11.9 Å². The molecule has 0 aromatic heterocycles. The van der Waals surface area contributed by atoms with Crippen molar-refractivity contribution in [2.24, 2.45) is 0 Å². The van der Waals surface area contributed by atoms with Crippen molar-refractivity contribution in [3.05, 3.63) is 66.2 Å². The summed E-state index contributed by atoms with van der Waals surface area (Å²) in [5.41, 5.74) is 1.99. The predicted molar refractivity (Wildman–Crippen MR) is 73.5 cm³/mol. The van der Waals surface area contributed by atoms with E-state index in [-0.39, 0.29) is 6.03 Å². The fraction of sp³-hybridized carbons (Fsp3) is 0.133. The number of hydrogen-bond acceptors (Lipinski definition) is 1. The molecule has 0 radical (unpaired) electrons. The minimum atomic E-state index is -0.106. The molecule has 0 aliphatic rings. The molecule has 2 aromatic rings. The quantitative estimate of drug-likeness (QED) is 0.878. The van der Waals surface area contributed by atoms with E-state index in [4.69, 9.17) is 0 Å². The average molecular weight is 240 g/mol. The van der Waals surface area contributed by atoms with Crippen molar-refractivity contribution in [1.82, 2.24) is 5.32 Å². The summed E-state index contributed by atoms with van der Waals surface area (Å²) < 4.78 is 0. The number of nitrogens with zero attached hydrogens (tertiary/aromatic N) is 1. The molecule has 0 bridgehead atoms. The van der Waals surface area contributed by atoms with E-state index >= 15 is 0 Å². The van der Waals surface area contributed by atoms with Crippen molar-refractivity contribution in [3.63, 3.8) is 0 Å². The summed E-state index contributed by atoms with van der Waals surface area (Å²) in [6.45, 7) is 0.560. The highest BCUT2D eigenvalue weighted by atomic mass is 16.2. The molecule has 0 heterocycles. The monoisotopic (exact) mass is 240 g/mol. The second-order valence-corrected chi connectivity index (χ2v) is 3.96. The molecule has 0 saturated heterocycles. The van der Waals surface area contributed by atoms with E-state index < -0.39 is 0 Å². The predicted octanol–water partition coefficient (Wildman–Crippen LogP) is 3.03. The Morgan fingerprint density at radius 1 is 1.00 bits per heavy atom. The van der Waals surface area contributed by atoms with Crippen LogP contribution >= 0.6 is 0 Å². The second-order valence-electron chi connectivity index (χ2n) is 3.96. The molecule has 0 saturated carbocycles. The number of nitrogens with one attached hydrogen (secondary N) is 1. The van der Waals surface area contributed by atoms with Crippen LogP contribution in [0.2, 0.25) is 0 Å². The van der Waals surface area contributed by atoms with Crippen LogP contribution in [-0.2, 0) is 6.54 Å². The number of amides is 2. The van der Waals surface area contributed by atoms with Gasteiger partial charge in [-0.1, -0.05) is 48.5 Å². The van der Waals surface area contributed by atoms with Gasteiger partial charge in [0.25, 0.3) is 0 Å². The molecule has 92 valence electrons. The van der Waals surface area contributed by atoms with Gasteiger partial charge in [-0.15, -0.1) is 0 Å². The summed E-state index contributed by atoms with van der Waals surface area (Å²) in [6, 6.07) is 19.5. The van der Waals surface area contributed by atoms with Gasteiger partial charge in [-0.2, -0.15) is 0 Å². The first-order valence-electron chi connectivity index (χ1n) is 5.89. The van der Waals surface area contributed by atoms with Gasteiger partial charge in [-0.05, 0) is 17.7 Å². The van der Waals surface area contributed by atoms with Crippen LogP contribution in [0.15, 0.2) is 60.7 Å². The number of rotatable bonds is 3. The van der Waals surface area contributed by atoms with E-state index in [1.54, 1.807) is 11.9 Å². The summed E-state index contributed by atoms with van der Waals surface area (Å²) >= 11 is 0. The van der Waals surface area contributed by atoms with Crippen molar-refractivity contribution in [2.45, 2.75) is 6.54 Å². The maximum Gasteiger partial charge on any atom is 0.321 e. The van der Waals surface area contributed by atoms with E-state index in [9.17, 15) is 4.79 Å². The average Bonchev–Trinajstić information content (AvgIpc) is 2.46. The minimum Gasteiger partial charge on any atom is -0.341 e. The summed E-state index contributed by atoms with van der Waals surface area (Å²) in [4.78, 5) is 13.6. The normalized spacial score (nSPS) is 9.83. The summed E-state index contributed by atoms with van der Waals surface area (Å²) in [7, 11) is 1.64. The lowest BCUT2D eigenvalue weighted by Crippen LogP contribution is -2.37. The third kappa shape index (κ3) is 2.88. The van der Waals surface area contributed by atoms with Crippen molar-refractivity contribution >= 4 is 11.7 Å². The molecule has 0 aliphatic heterocycles. The van der Waals surface area contributed by atoms with Crippen LogP contribution in [0, 0.1) is 0 Å². The van der Waals surface area contributed by atoms with Crippen LogP contribution in [-0.4, -0.2) is 13.1 Å². The number of carbonyl (C=O) groups is 1. The van der Waals surface area contributed by atoms with E-state index in [2.05, 4.69) is 5.32 Å². The molecular weight excluding hydrogens is 224 g/mol. The third-order valence-corrected chi connectivity index (χ3v) is 2.71. The third-order valence-electron chi connectivity index (χ3n) is 2.71. The maximum absolute atomic E-state index is 11.9. The number of benzene rings is 2. The first-order chi connectivity index (χ1) is 8.81. The highest BCUT2D eigenvalue weighted by Gasteiger charge is 2.13. The van der Waals surface area contributed by atoms with Gasteiger partial charge in [0.2, 0.25) is 0 Å². The van der Waals surface area contributed by atoms with Gasteiger partial charge in [0.15, 0.2) is 0 Å². The first-order valence-corrected chi connectivity index (χ1v) is 5.89.